The molecule has 1 N–H and O–H groups in total. The SMILES string of the molecule is COc1cc(-c2cc(F)cc(C(C)C)c2CC(=O)NS(=O)(=O)c2ccc(Cl)cc2)ccn1.[K]. The molecule has 0 aliphatic carbocycles. The molecule has 0 aliphatic rings. The number of hydrogen-bond acceptors (Lipinski definition) is 5. The molecular weight excluding hydrogens is 494 g/mol. The molecule has 0 saturated heterocycles. The largest absolute Gasteiger partial charge is 0.481 e. The Balaban J connectivity index is 0.00000385. The quantitative estimate of drug-likeness (QED) is 0.473. The van der Waals surface area contributed by atoms with E-state index < -0.39 is 21.7 Å². The van der Waals surface area contributed by atoms with Gasteiger partial charge in [-0.1, -0.05) is 25.4 Å². The normalized spacial score (nSPS) is 11.1. The molecule has 0 atom stereocenters. The van der Waals surface area contributed by atoms with Gasteiger partial charge in [-0.3, -0.25) is 4.79 Å². The Hall–Kier alpha value is -1.33. The minimum Gasteiger partial charge on any atom is -0.481 e. The Bertz CT molecular complexity index is 1250. The van der Waals surface area contributed by atoms with Gasteiger partial charge >= 0.3 is 0 Å². The number of nitrogens with one attached hydrogen (secondary N) is 1. The van der Waals surface area contributed by atoms with Crippen molar-refractivity contribution < 1.29 is 22.3 Å². The van der Waals surface area contributed by atoms with E-state index in [1.807, 2.05) is 13.8 Å². The molecule has 1 heterocycles. The van der Waals surface area contributed by atoms with Gasteiger partial charge in [-0.2, -0.15) is 0 Å². The first-order valence-electron chi connectivity index (χ1n) is 9.74. The molecule has 33 heavy (non-hydrogen) atoms. The topological polar surface area (TPSA) is 85.4 Å². The second kappa shape index (κ2) is 11.9. The number of nitrogens with zero attached hydrogens (tertiary/aromatic N) is 1. The number of rotatable bonds is 7. The van der Waals surface area contributed by atoms with Crippen LogP contribution < -0.4 is 9.46 Å². The van der Waals surface area contributed by atoms with Gasteiger partial charge in [-0.25, -0.2) is 22.5 Å². The van der Waals surface area contributed by atoms with Gasteiger partial charge in [0.2, 0.25) is 11.8 Å². The van der Waals surface area contributed by atoms with Crippen LogP contribution in [-0.2, 0) is 21.2 Å². The van der Waals surface area contributed by atoms with Crippen LogP contribution in [0.4, 0.5) is 4.39 Å². The number of aromatic nitrogens is 1. The number of sulfonamides is 1. The van der Waals surface area contributed by atoms with E-state index in [9.17, 15) is 17.6 Å². The molecule has 0 aliphatic heterocycles. The Morgan fingerprint density at radius 3 is 2.42 bits per heavy atom. The van der Waals surface area contributed by atoms with Crippen molar-refractivity contribution in [1.29, 1.82) is 0 Å². The zero-order valence-corrected chi connectivity index (χ0v) is 23.4. The van der Waals surface area contributed by atoms with Gasteiger partial charge in [-0.05, 0) is 70.6 Å². The van der Waals surface area contributed by atoms with E-state index in [4.69, 9.17) is 16.3 Å². The summed E-state index contributed by atoms with van der Waals surface area (Å²) in [4.78, 5) is 16.8. The molecule has 6 nitrogen and oxygen atoms in total. The third-order valence-electron chi connectivity index (χ3n) is 4.84. The van der Waals surface area contributed by atoms with Crippen LogP contribution >= 0.6 is 11.6 Å². The van der Waals surface area contributed by atoms with Gasteiger partial charge in [-0.15, -0.1) is 0 Å². The average molecular weight is 516 g/mol. The van der Waals surface area contributed by atoms with Crippen LogP contribution in [0.25, 0.3) is 11.1 Å². The van der Waals surface area contributed by atoms with Crippen molar-refractivity contribution in [3.05, 3.63) is 76.7 Å². The summed E-state index contributed by atoms with van der Waals surface area (Å²) in [6.45, 7) is 3.75. The third-order valence-corrected chi connectivity index (χ3v) is 6.48. The van der Waals surface area contributed by atoms with Crippen molar-refractivity contribution in [1.82, 2.24) is 9.71 Å². The molecule has 0 fully saturated rings. The van der Waals surface area contributed by atoms with E-state index in [0.717, 1.165) is 0 Å². The fraction of sp³-hybridized carbons (Fsp3) is 0.217. The summed E-state index contributed by atoms with van der Waals surface area (Å²) in [7, 11) is -2.62. The molecule has 0 spiro atoms. The maximum absolute atomic E-state index is 14.4. The van der Waals surface area contributed by atoms with Gasteiger partial charge in [0, 0.05) is 68.7 Å². The van der Waals surface area contributed by atoms with E-state index in [2.05, 4.69) is 9.71 Å². The maximum Gasteiger partial charge on any atom is 0.264 e. The van der Waals surface area contributed by atoms with E-state index in [1.54, 1.807) is 12.1 Å². The standard InChI is InChI=1S/C23H22ClFN2O4S.K/c1-14(2)19-11-17(25)12-20(15-8-9-26-23(10-15)31-3)21(19)13-22(28)27-32(29,30)18-6-4-16(24)5-7-18;/h4-12,14H,13H2,1-3H3,(H,27,28);. The van der Waals surface area contributed by atoms with Crippen molar-refractivity contribution >= 4 is 78.9 Å². The van der Waals surface area contributed by atoms with Crippen molar-refractivity contribution in [2.75, 3.05) is 7.11 Å². The molecule has 1 radical (unpaired) electrons. The number of methoxy groups -OCH3 is 1. The van der Waals surface area contributed by atoms with E-state index in [-0.39, 0.29) is 68.6 Å². The van der Waals surface area contributed by atoms with Crippen molar-refractivity contribution in [3.8, 4) is 17.0 Å². The minimum atomic E-state index is -4.09. The number of halogens is 2. The van der Waals surface area contributed by atoms with Crippen molar-refractivity contribution in [2.45, 2.75) is 31.1 Å². The zero-order valence-electron chi connectivity index (χ0n) is 18.7. The number of hydrogen-bond donors (Lipinski definition) is 1. The van der Waals surface area contributed by atoms with Crippen LogP contribution in [0.15, 0.2) is 59.6 Å². The number of amides is 1. The molecule has 1 aromatic heterocycles. The fourth-order valence-electron chi connectivity index (χ4n) is 3.34. The molecule has 0 unspecified atom stereocenters. The summed E-state index contributed by atoms with van der Waals surface area (Å²) in [5, 5.41) is 0.376. The number of benzene rings is 2. The smallest absolute Gasteiger partial charge is 0.264 e. The summed E-state index contributed by atoms with van der Waals surface area (Å²) in [5.74, 6) is -0.976. The Morgan fingerprint density at radius 2 is 1.82 bits per heavy atom. The number of carbonyl (C=O) groups is 1. The van der Waals surface area contributed by atoms with Gasteiger partial charge in [0.15, 0.2) is 0 Å². The van der Waals surface area contributed by atoms with Crippen LogP contribution in [0.5, 0.6) is 5.88 Å². The predicted octanol–water partition coefficient (Wildman–Crippen LogP) is 4.34. The monoisotopic (exact) mass is 515 g/mol. The Kier molecular flexibility index (Phi) is 10.0. The molecule has 3 rings (SSSR count). The van der Waals surface area contributed by atoms with Crippen LogP contribution in [0.2, 0.25) is 5.02 Å². The molecule has 0 saturated carbocycles. The van der Waals surface area contributed by atoms with E-state index >= 15 is 0 Å². The van der Waals surface area contributed by atoms with Gasteiger partial charge in [0.1, 0.15) is 5.82 Å². The molecule has 169 valence electrons. The fourth-order valence-corrected chi connectivity index (χ4v) is 4.45. The number of pyridine rings is 1. The summed E-state index contributed by atoms with van der Waals surface area (Å²) in [6.07, 6.45) is 1.25. The first kappa shape index (κ1) is 27.9. The first-order chi connectivity index (χ1) is 15.1. The van der Waals surface area contributed by atoms with Gasteiger partial charge in [0.25, 0.3) is 10.0 Å². The molecule has 3 aromatic rings. The van der Waals surface area contributed by atoms with Crippen molar-refractivity contribution in [2.24, 2.45) is 0 Å². The zero-order chi connectivity index (χ0) is 23.5. The first-order valence-corrected chi connectivity index (χ1v) is 11.6. The summed E-state index contributed by atoms with van der Waals surface area (Å²) < 4.78 is 46.9. The summed E-state index contributed by atoms with van der Waals surface area (Å²) in [6, 6.07) is 11.4. The molecular formula is C23H22ClFKN2O4S. The van der Waals surface area contributed by atoms with Gasteiger partial charge < -0.3 is 4.74 Å². The van der Waals surface area contributed by atoms with Crippen LogP contribution in [0.3, 0.4) is 0 Å². The number of carbonyl (C=O) groups excluding carboxylic acids is 1. The summed E-state index contributed by atoms with van der Waals surface area (Å²) >= 11 is 5.81. The average Bonchev–Trinajstić information content (AvgIpc) is 2.74. The Labute approximate surface area is 240 Å². The second-order valence-electron chi connectivity index (χ2n) is 7.42. The molecule has 2 aromatic carbocycles. The van der Waals surface area contributed by atoms with Crippen LogP contribution in [-0.4, -0.2) is 77.8 Å². The number of ether oxygens (including phenoxy) is 1. The molecule has 0 bridgehead atoms. The van der Waals surface area contributed by atoms with Crippen LogP contribution in [0, 0.1) is 5.82 Å². The molecule has 1 amide bonds. The third kappa shape index (κ3) is 7.08. The molecule has 10 heteroatoms. The van der Waals surface area contributed by atoms with Gasteiger partial charge in [0.05, 0.1) is 18.4 Å². The summed E-state index contributed by atoms with van der Waals surface area (Å²) in [5.41, 5.74) is 2.20. The second-order valence-corrected chi connectivity index (χ2v) is 9.54. The predicted molar refractivity (Wildman–Crippen MR) is 127 cm³/mol. The van der Waals surface area contributed by atoms with Crippen molar-refractivity contribution in [3.63, 3.8) is 0 Å². The maximum atomic E-state index is 14.4. The van der Waals surface area contributed by atoms with E-state index in [1.165, 1.54) is 49.7 Å². The van der Waals surface area contributed by atoms with Crippen LogP contribution in [0.1, 0.15) is 30.9 Å². The Morgan fingerprint density at radius 1 is 1.15 bits per heavy atom. The minimum absolute atomic E-state index is 0. The van der Waals surface area contributed by atoms with E-state index in [0.29, 0.717) is 33.2 Å².